The van der Waals surface area contributed by atoms with E-state index in [-0.39, 0.29) is 0 Å². The van der Waals surface area contributed by atoms with E-state index in [0.717, 1.165) is 28.4 Å². The number of H-pyrrole nitrogens is 1. The molecule has 126 valence electrons. The van der Waals surface area contributed by atoms with E-state index in [4.69, 9.17) is 9.68 Å². The minimum Gasteiger partial charge on any atom is -0.472 e. The van der Waals surface area contributed by atoms with Crippen molar-refractivity contribution in [2.75, 3.05) is 0 Å². The van der Waals surface area contributed by atoms with Gasteiger partial charge >= 0.3 is 0 Å². The average Bonchev–Trinajstić information content (AvgIpc) is 3.27. The molecule has 0 bridgehead atoms. The molecule has 1 saturated carbocycles. The average molecular weight is 339 g/mol. The lowest BCUT2D eigenvalue weighted by Crippen LogP contribution is -1.95. The Morgan fingerprint density at radius 3 is 2.88 bits per heavy atom. The first kappa shape index (κ1) is 15.0. The summed E-state index contributed by atoms with van der Waals surface area (Å²) in [7, 11) is 0. The molecule has 1 aliphatic carbocycles. The van der Waals surface area contributed by atoms with E-state index in [2.05, 4.69) is 34.2 Å². The molecule has 1 aliphatic rings. The summed E-state index contributed by atoms with van der Waals surface area (Å²) in [6.45, 7) is 0. The zero-order valence-corrected chi connectivity index (χ0v) is 14.2. The molecule has 0 aliphatic heterocycles. The van der Waals surface area contributed by atoms with Crippen LogP contribution >= 0.6 is 0 Å². The standard InChI is InChI=1S/C22H17N3O/c23-12-18-3-1-2-17(24-18)11-20-19-7-6-15(14-4-5-14)10-21(19)25-22(20)16-8-9-26-13-16/h1-3,6-10,13-14,25H,4-5,11H2. The summed E-state index contributed by atoms with van der Waals surface area (Å²) >= 11 is 0. The second-order valence-corrected chi connectivity index (χ2v) is 6.87. The molecule has 0 radical (unpaired) electrons. The van der Waals surface area contributed by atoms with Crippen LogP contribution in [0.5, 0.6) is 0 Å². The SMILES string of the molecule is N#Cc1cccc(Cc2c(-c3ccoc3)[nH]c3cc(C4CC4)ccc23)n1. The summed E-state index contributed by atoms with van der Waals surface area (Å²) in [5.41, 5.74) is 7.17. The fourth-order valence-electron chi connectivity index (χ4n) is 3.60. The first-order valence-corrected chi connectivity index (χ1v) is 8.85. The molecule has 4 nitrogen and oxygen atoms in total. The molecule has 0 amide bonds. The lowest BCUT2D eigenvalue weighted by molar-refractivity contribution is 0.568. The number of furan rings is 1. The fraction of sp³-hybridized carbons (Fsp3) is 0.182. The molecule has 3 aromatic heterocycles. The topological polar surface area (TPSA) is 65.6 Å². The number of aromatic nitrogens is 2. The molecule has 0 spiro atoms. The normalized spacial score (nSPS) is 13.8. The van der Waals surface area contributed by atoms with Crippen LogP contribution in [0.1, 0.15) is 41.3 Å². The highest BCUT2D eigenvalue weighted by molar-refractivity contribution is 5.91. The van der Waals surface area contributed by atoms with Crippen molar-refractivity contribution >= 4 is 10.9 Å². The van der Waals surface area contributed by atoms with Crippen LogP contribution in [0.3, 0.4) is 0 Å². The third-order valence-corrected chi connectivity index (χ3v) is 5.07. The van der Waals surface area contributed by atoms with E-state index in [1.165, 1.54) is 29.4 Å². The minimum atomic E-state index is 0.447. The minimum absolute atomic E-state index is 0.447. The summed E-state index contributed by atoms with van der Waals surface area (Å²) in [6.07, 6.45) is 6.69. The molecule has 0 unspecified atom stereocenters. The van der Waals surface area contributed by atoms with Gasteiger partial charge in [0.1, 0.15) is 11.8 Å². The summed E-state index contributed by atoms with van der Waals surface area (Å²) in [6, 6.07) is 16.4. The van der Waals surface area contributed by atoms with Gasteiger partial charge in [-0.3, -0.25) is 0 Å². The highest BCUT2D eigenvalue weighted by atomic mass is 16.3. The van der Waals surface area contributed by atoms with E-state index in [1.807, 2.05) is 18.2 Å². The number of nitrogens with zero attached hydrogens (tertiary/aromatic N) is 2. The van der Waals surface area contributed by atoms with Gasteiger partial charge in [-0.05, 0) is 54.2 Å². The van der Waals surface area contributed by atoms with Gasteiger partial charge < -0.3 is 9.40 Å². The van der Waals surface area contributed by atoms with Crippen molar-refractivity contribution in [3.05, 3.63) is 77.5 Å². The first-order valence-electron chi connectivity index (χ1n) is 8.85. The summed E-state index contributed by atoms with van der Waals surface area (Å²) in [5, 5.41) is 10.3. The van der Waals surface area contributed by atoms with E-state index in [1.54, 1.807) is 18.6 Å². The molecule has 0 saturated heterocycles. The lowest BCUT2D eigenvalue weighted by Gasteiger charge is -2.04. The quantitative estimate of drug-likeness (QED) is 0.558. The number of nitrogens with one attached hydrogen (secondary N) is 1. The Morgan fingerprint density at radius 1 is 1.19 bits per heavy atom. The van der Waals surface area contributed by atoms with Gasteiger partial charge in [0.25, 0.3) is 0 Å². The highest BCUT2D eigenvalue weighted by Gasteiger charge is 2.24. The Morgan fingerprint density at radius 2 is 2.12 bits per heavy atom. The predicted octanol–water partition coefficient (Wildman–Crippen LogP) is 5.16. The molecule has 1 fully saturated rings. The van der Waals surface area contributed by atoms with Crippen molar-refractivity contribution in [1.82, 2.24) is 9.97 Å². The van der Waals surface area contributed by atoms with Crippen LogP contribution in [0.2, 0.25) is 0 Å². The number of hydrogen-bond acceptors (Lipinski definition) is 3. The van der Waals surface area contributed by atoms with E-state index in [9.17, 15) is 0 Å². The van der Waals surface area contributed by atoms with Gasteiger partial charge in [-0.1, -0.05) is 18.2 Å². The van der Waals surface area contributed by atoms with Crippen molar-refractivity contribution in [3.8, 4) is 17.3 Å². The summed E-state index contributed by atoms with van der Waals surface area (Å²) in [4.78, 5) is 8.04. The van der Waals surface area contributed by atoms with Gasteiger partial charge in [0, 0.05) is 28.6 Å². The molecule has 5 rings (SSSR count). The third kappa shape index (κ3) is 2.58. The molecular weight excluding hydrogens is 322 g/mol. The molecule has 4 aromatic rings. The number of pyridine rings is 1. The maximum atomic E-state index is 9.12. The predicted molar refractivity (Wildman–Crippen MR) is 99.7 cm³/mol. The highest BCUT2D eigenvalue weighted by Crippen LogP contribution is 2.42. The van der Waals surface area contributed by atoms with E-state index < -0.39 is 0 Å². The number of hydrogen-bond donors (Lipinski definition) is 1. The summed E-state index contributed by atoms with van der Waals surface area (Å²) < 4.78 is 5.30. The first-order chi connectivity index (χ1) is 12.8. The van der Waals surface area contributed by atoms with Crippen molar-refractivity contribution in [2.24, 2.45) is 0 Å². The van der Waals surface area contributed by atoms with Crippen LogP contribution in [0.15, 0.2) is 59.4 Å². The Kier molecular flexibility index (Phi) is 3.39. The number of aromatic amines is 1. The monoisotopic (exact) mass is 339 g/mol. The molecule has 4 heteroatoms. The number of rotatable bonds is 4. The molecule has 3 heterocycles. The number of nitriles is 1. The largest absolute Gasteiger partial charge is 0.472 e. The van der Waals surface area contributed by atoms with Crippen molar-refractivity contribution < 1.29 is 4.42 Å². The smallest absolute Gasteiger partial charge is 0.140 e. The van der Waals surface area contributed by atoms with E-state index in [0.29, 0.717) is 12.1 Å². The maximum Gasteiger partial charge on any atom is 0.140 e. The Balaban J connectivity index is 1.65. The van der Waals surface area contributed by atoms with Gasteiger partial charge in [0.15, 0.2) is 0 Å². The van der Waals surface area contributed by atoms with Gasteiger partial charge in [-0.25, -0.2) is 4.98 Å². The van der Waals surface area contributed by atoms with Gasteiger partial charge in [0.2, 0.25) is 0 Å². The molecule has 0 atom stereocenters. The number of benzene rings is 1. The van der Waals surface area contributed by atoms with Gasteiger partial charge in [0.05, 0.1) is 18.2 Å². The molecule has 26 heavy (non-hydrogen) atoms. The lowest BCUT2D eigenvalue weighted by atomic mass is 10.0. The molecular formula is C22H17N3O. The van der Waals surface area contributed by atoms with Crippen LogP contribution in [0.25, 0.3) is 22.2 Å². The summed E-state index contributed by atoms with van der Waals surface area (Å²) in [5.74, 6) is 0.720. The number of fused-ring (bicyclic) bond motifs is 1. The third-order valence-electron chi connectivity index (χ3n) is 5.07. The van der Waals surface area contributed by atoms with Crippen LogP contribution in [0.4, 0.5) is 0 Å². The molecule has 1 N–H and O–H groups in total. The Hall–Kier alpha value is -3.32. The van der Waals surface area contributed by atoms with Crippen molar-refractivity contribution in [2.45, 2.75) is 25.2 Å². The Bertz CT molecular complexity index is 1130. The van der Waals surface area contributed by atoms with Gasteiger partial charge in [-0.15, -0.1) is 0 Å². The van der Waals surface area contributed by atoms with Crippen molar-refractivity contribution in [3.63, 3.8) is 0 Å². The van der Waals surface area contributed by atoms with Crippen LogP contribution in [0, 0.1) is 11.3 Å². The second kappa shape index (κ2) is 5.89. The van der Waals surface area contributed by atoms with Gasteiger partial charge in [-0.2, -0.15) is 5.26 Å². The zero-order chi connectivity index (χ0) is 17.5. The maximum absolute atomic E-state index is 9.12. The van der Waals surface area contributed by atoms with Crippen LogP contribution in [-0.4, -0.2) is 9.97 Å². The van der Waals surface area contributed by atoms with Crippen molar-refractivity contribution in [1.29, 1.82) is 5.26 Å². The van der Waals surface area contributed by atoms with Crippen LogP contribution in [-0.2, 0) is 6.42 Å². The molecule has 1 aromatic carbocycles. The van der Waals surface area contributed by atoms with Crippen LogP contribution < -0.4 is 0 Å². The zero-order valence-electron chi connectivity index (χ0n) is 14.2. The Labute approximate surface area is 151 Å². The van der Waals surface area contributed by atoms with E-state index >= 15 is 0 Å². The second-order valence-electron chi connectivity index (χ2n) is 6.87. The fourth-order valence-corrected chi connectivity index (χ4v) is 3.60.